The number of rotatable bonds is 5. The Morgan fingerprint density at radius 2 is 1.04 bits per heavy atom. The number of alkyl halides is 1. The molecule has 3 aromatic carbocycles. The van der Waals surface area contributed by atoms with Gasteiger partial charge in [-0.3, -0.25) is 0 Å². The second-order valence-corrected chi connectivity index (χ2v) is 8.92. The quantitative estimate of drug-likeness (QED) is 0.321. The Balaban J connectivity index is 0.000000390. The van der Waals surface area contributed by atoms with Gasteiger partial charge >= 0.3 is 0 Å². The Bertz CT molecular complexity index is 627. The molecule has 0 saturated carbocycles. The van der Waals surface area contributed by atoms with Gasteiger partial charge in [0.2, 0.25) is 0 Å². The molecule has 0 atom stereocenters. The molecule has 0 fully saturated rings. The van der Waals surface area contributed by atoms with Crippen molar-refractivity contribution in [1.29, 1.82) is 0 Å². The summed E-state index contributed by atoms with van der Waals surface area (Å²) in [6, 6.07) is 32.3. The van der Waals surface area contributed by atoms with Crippen molar-refractivity contribution in [1.82, 2.24) is 0 Å². The lowest BCUT2D eigenvalue weighted by Gasteiger charge is -2.18. The van der Waals surface area contributed by atoms with Crippen molar-refractivity contribution in [2.75, 3.05) is 17.9 Å². The van der Waals surface area contributed by atoms with Gasteiger partial charge in [0.05, 0.1) is 5.88 Å². The van der Waals surface area contributed by atoms with E-state index >= 15 is 0 Å². The fourth-order valence-corrected chi connectivity index (χ4v) is 4.48. The van der Waals surface area contributed by atoms with E-state index < -0.39 is 7.92 Å². The zero-order valence-electron chi connectivity index (χ0n) is 15.8. The fraction of sp³-hybridized carbons (Fsp3) is 0.174. The van der Waals surface area contributed by atoms with Crippen LogP contribution in [0.15, 0.2) is 91.0 Å². The van der Waals surface area contributed by atoms with Crippen molar-refractivity contribution in [3.63, 3.8) is 0 Å². The Labute approximate surface area is 173 Å². The third-order valence-electron chi connectivity index (χ3n) is 3.39. The third kappa shape index (κ3) is 9.24. The maximum absolute atomic E-state index is 9.04. The van der Waals surface area contributed by atoms with Crippen molar-refractivity contribution < 1.29 is 4.79 Å². The van der Waals surface area contributed by atoms with Gasteiger partial charge in [-0.1, -0.05) is 97.9 Å². The number of hydrogen-bond donors (Lipinski definition) is 0. The van der Waals surface area contributed by atoms with Crippen LogP contribution in [0.4, 0.5) is 0 Å². The lowest BCUT2D eigenvalue weighted by atomic mass is 10.4. The molecular weight excluding hydrogens is 391 g/mol. The largest absolute Gasteiger partial charge is 0.302 e. The maximum atomic E-state index is 9.04. The van der Waals surface area contributed by atoms with Crippen molar-refractivity contribution in [2.45, 2.75) is 6.92 Å². The predicted octanol–water partition coefficient (Wildman–Crippen LogP) is 5.24. The normalized spacial score (nSPS) is 9.48. The number of carbonyl (C=O) groups is 1. The van der Waals surface area contributed by atoms with Crippen molar-refractivity contribution in [3.8, 4) is 0 Å². The molecule has 0 aliphatic heterocycles. The van der Waals surface area contributed by atoms with Crippen LogP contribution in [0.1, 0.15) is 6.92 Å². The van der Waals surface area contributed by atoms with E-state index in [1.54, 1.807) is 0 Å². The third-order valence-corrected chi connectivity index (χ3v) is 6.54. The van der Waals surface area contributed by atoms with Crippen LogP contribution in [0.5, 0.6) is 0 Å². The van der Waals surface area contributed by atoms with Crippen LogP contribution < -0.4 is 15.9 Å². The summed E-state index contributed by atoms with van der Waals surface area (Å²) in [6.07, 6.45) is 2.74. The lowest BCUT2D eigenvalue weighted by Crippen LogP contribution is -2.20. The van der Waals surface area contributed by atoms with E-state index in [1.807, 2.05) is 11.8 Å². The molecule has 0 unspecified atom stereocenters. The molecular formula is C23H26ClOPS. The van der Waals surface area contributed by atoms with E-state index in [0.717, 1.165) is 0 Å². The molecule has 0 heterocycles. The first-order valence-corrected chi connectivity index (χ1v) is 12.0. The van der Waals surface area contributed by atoms with Gasteiger partial charge < -0.3 is 4.79 Å². The molecule has 0 aliphatic rings. The minimum atomic E-state index is -0.446. The molecule has 4 heteroatoms. The highest BCUT2D eigenvalue weighted by molar-refractivity contribution is 7.98. The highest BCUT2D eigenvalue weighted by Gasteiger charge is 2.14. The smallest absolute Gasteiger partial charge is 0.134 e. The van der Waals surface area contributed by atoms with Gasteiger partial charge in [0.1, 0.15) is 6.29 Å². The van der Waals surface area contributed by atoms with Crippen molar-refractivity contribution in [3.05, 3.63) is 91.0 Å². The second kappa shape index (κ2) is 15.5. The molecule has 0 spiro atoms. The Morgan fingerprint density at radius 1 is 0.778 bits per heavy atom. The van der Waals surface area contributed by atoms with E-state index in [-0.39, 0.29) is 5.88 Å². The molecule has 0 amide bonds. The van der Waals surface area contributed by atoms with Crippen LogP contribution in [-0.2, 0) is 4.79 Å². The molecule has 3 rings (SSSR count). The first kappa shape index (κ1) is 23.4. The van der Waals surface area contributed by atoms with Crippen LogP contribution in [-0.4, -0.2) is 24.2 Å². The minimum Gasteiger partial charge on any atom is -0.302 e. The molecule has 0 radical (unpaired) electrons. The van der Waals surface area contributed by atoms with E-state index in [2.05, 4.69) is 104 Å². The van der Waals surface area contributed by atoms with Gasteiger partial charge in [0.15, 0.2) is 0 Å². The molecule has 142 valence electrons. The summed E-state index contributed by atoms with van der Waals surface area (Å²) in [5.41, 5.74) is 0. The zero-order chi connectivity index (χ0) is 19.7. The van der Waals surface area contributed by atoms with Crippen LogP contribution in [0.3, 0.4) is 0 Å². The highest BCUT2D eigenvalue weighted by Crippen LogP contribution is 2.32. The van der Waals surface area contributed by atoms with E-state index in [0.29, 0.717) is 6.29 Å². The minimum absolute atomic E-state index is 0.111. The van der Waals surface area contributed by atoms with Gasteiger partial charge in [0.25, 0.3) is 0 Å². The second-order valence-electron chi connectivity index (χ2n) is 5.24. The first-order chi connectivity index (χ1) is 13.3. The average Bonchev–Trinajstić information content (AvgIpc) is 2.76. The summed E-state index contributed by atoms with van der Waals surface area (Å²) in [5, 5.41) is 4.19. The lowest BCUT2D eigenvalue weighted by molar-refractivity contribution is -0.105. The molecule has 0 saturated heterocycles. The van der Waals surface area contributed by atoms with Gasteiger partial charge in [-0.15, -0.1) is 11.6 Å². The van der Waals surface area contributed by atoms with Crippen LogP contribution in [0.2, 0.25) is 0 Å². The highest BCUT2D eigenvalue weighted by atomic mass is 35.5. The van der Waals surface area contributed by atoms with Gasteiger partial charge in [-0.25, -0.2) is 0 Å². The predicted molar refractivity (Wildman–Crippen MR) is 126 cm³/mol. The number of benzene rings is 3. The van der Waals surface area contributed by atoms with E-state index in [1.165, 1.54) is 21.7 Å². The summed E-state index contributed by atoms with van der Waals surface area (Å²) in [6.45, 7) is 2.14. The van der Waals surface area contributed by atoms with Gasteiger partial charge in [0, 0.05) is 0 Å². The van der Waals surface area contributed by atoms with E-state index in [4.69, 9.17) is 16.4 Å². The Hall–Kier alpha value is -1.60. The summed E-state index contributed by atoms with van der Waals surface area (Å²) >= 11 is 6.67. The summed E-state index contributed by atoms with van der Waals surface area (Å²) in [7, 11) is -0.446. The monoisotopic (exact) mass is 416 g/mol. The number of hydrogen-bond acceptors (Lipinski definition) is 2. The molecule has 0 bridgehead atoms. The van der Waals surface area contributed by atoms with Gasteiger partial charge in [-0.2, -0.15) is 11.8 Å². The number of halogens is 1. The van der Waals surface area contributed by atoms with Crippen LogP contribution in [0.25, 0.3) is 0 Å². The molecule has 27 heavy (non-hydrogen) atoms. The Morgan fingerprint density at radius 3 is 1.22 bits per heavy atom. The van der Waals surface area contributed by atoms with Crippen LogP contribution >= 0.6 is 31.3 Å². The standard InChI is InChI=1S/C18H15P.C3H8S.C2H3ClO/c1-4-10-16(11-5-1)19(17-12-6-2-7-13-17)18-14-8-3-9-15-18;1-3-4-2;3-1-2-4/h1-15H;3H2,1-2H3;2H,1H2. The van der Waals surface area contributed by atoms with Gasteiger partial charge in [-0.05, 0) is 35.8 Å². The molecule has 0 aliphatic carbocycles. The van der Waals surface area contributed by atoms with Crippen LogP contribution in [0, 0.1) is 0 Å². The van der Waals surface area contributed by atoms with E-state index in [9.17, 15) is 0 Å². The van der Waals surface area contributed by atoms with Crippen molar-refractivity contribution >= 4 is 53.5 Å². The Kier molecular flexibility index (Phi) is 13.4. The summed E-state index contributed by atoms with van der Waals surface area (Å²) in [5.74, 6) is 1.35. The number of aldehydes is 1. The zero-order valence-corrected chi connectivity index (χ0v) is 18.3. The summed E-state index contributed by atoms with van der Waals surface area (Å²) in [4.78, 5) is 9.04. The fourth-order valence-electron chi connectivity index (χ4n) is 2.18. The molecule has 1 nitrogen and oxygen atoms in total. The molecule has 0 aromatic heterocycles. The number of carbonyl (C=O) groups excluding carboxylic acids is 1. The summed E-state index contributed by atoms with van der Waals surface area (Å²) < 4.78 is 0. The topological polar surface area (TPSA) is 17.1 Å². The van der Waals surface area contributed by atoms with Crippen molar-refractivity contribution in [2.24, 2.45) is 0 Å². The molecule has 3 aromatic rings. The average molecular weight is 417 g/mol. The maximum Gasteiger partial charge on any atom is 0.134 e. The molecule has 0 N–H and O–H groups in total. The number of thioether (sulfide) groups is 1. The SMILES string of the molecule is CCSC.O=CCCl.c1ccc(P(c2ccccc2)c2ccccc2)cc1. The first-order valence-electron chi connectivity index (χ1n) is 8.72.